The quantitative estimate of drug-likeness (QED) is 0.732. The van der Waals surface area contributed by atoms with Crippen molar-refractivity contribution in [3.63, 3.8) is 0 Å². The smallest absolute Gasteiger partial charge is 0.233 e. The summed E-state index contributed by atoms with van der Waals surface area (Å²) in [5, 5.41) is 0. The molecule has 0 fully saturated rings. The maximum atomic E-state index is 11.3. The third-order valence-electron chi connectivity index (χ3n) is 1.91. The molecule has 0 aliphatic carbocycles. The van der Waals surface area contributed by atoms with Crippen LogP contribution in [0.15, 0.2) is 24.5 Å². The van der Waals surface area contributed by atoms with E-state index in [0.717, 1.165) is 12.0 Å². The van der Waals surface area contributed by atoms with Crippen LogP contribution in [-0.2, 0) is 21.5 Å². The zero-order valence-corrected chi connectivity index (χ0v) is 10.0. The summed E-state index contributed by atoms with van der Waals surface area (Å²) in [6.07, 6.45) is 4.74. The first kappa shape index (κ1) is 13.1. The Balaban J connectivity index is 2.30. The molecule has 16 heavy (non-hydrogen) atoms. The topological polar surface area (TPSA) is 68.3 Å². The molecule has 6 heteroatoms. The van der Waals surface area contributed by atoms with Gasteiger partial charge in [-0.1, -0.05) is 24.3 Å². The summed E-state index contributed by atoms with van der Waals surface area (Å²) in [5.41, 5.74) is 0.820. The lowest BCUT2D eigenvalue weighted by Gasteiger charge is -2.06. The molecule has 0 radical (unpaired) electrons. The number of pyridine rings is 1. The van der Waals surface area contributed by atoms with Gasteiger partial charge < -0.3 is 0 Å². The molecule has 0 amide bonds. The van der Waals surface area contributed by atoms with Gasteiger partial charge in [0.1, 0.15) is 0 Å². The summed E-state index contributed by atoms with van der Waals surface area (Å²) < 4.78 is 22.7. The Hall–Kier alpha value is -0.980. The van der Waals surface area contributed by atoms with Gasteiger partial charge in [-0.3, -0.25) is 9.82 Å². The van der Waals surface area contributed by atoms with Crippen molar-refractivity contribution in [3.8, 4) is 0 Å². The third-order valence-corrected chi connectivity index (χ3v) is 3.11. The number of rotatable bonds is 7. The van der Waals surface area contributed by atoms with E-state index in [4.69, 9.17) is 4.84 Å². The number of unbranched alkanes of at least 4 members (excludes halogenated alkanes) is 1. The van der Waals surface area contributed by atoms with Gasteiger partial charge in [0.15, 0.2) is 0 Å². The van der Waals surface area contributed by atoms with Crippen molar-refractivity contribution in [3.05, 3.63) is 30.1 Å². The molecule has 0 aromatic carbocycles. The van der Waals surface area contributed by atoms with Crippen molar-refractivity contribution in [2.45, 2.75) is 26.4 Å². The second-order valence-electron chi connectivity index (χ2n) is 3.41. The monoisotopic (exact) mass is 244 g/mol. The molecular weight excluding hydrogens is 228 g/mol. The van der Waals surface area contributed by atoms with Gasteiger partial charge in [0, 0.05) is 12.4 Å². The van der Waals surface area contributed by atoms with Crippen molar-refractivity contribution in [1.29, 1.82) is 0 Å². The molecule has 0 aliphatic heterocycles. The molecule has 0 bridgehead atoms. The number of sulfonamides is 1. The van der Waals surface area contributed by atoms with Crippen molar-refractivity contribution < 1.29 is 13.3 Å². The van der Waals surface area contributed by atoms with Gasteiger partial charge in [0.2, 0.25) is 10.0 Å². The highest BCUT2D eigenvalue weighted by Crippen LogP contribution is 1.98. The summed E-state index contributed by atoms with van der Waals surface area (Å²) in [6, 6.07) is 3.58. The zero-order valence-electron chi connectivity index (χ0n) is 9.22. The van der Waals surface area contributed by atoms with Crippen LogP contribution in [-0.4, -0.2) is 19.2 Å². The first-order valence-corrected chi connectivity index (χ1v) is 6.79. The minimum Gasteiger partial charge on any atom is -0.282 e. The highest BCUT2D eigenvalue weighted by Gasteiger charge is 2.08. The largest absolute Gasteiger partial charge is 0.282 e. The fraction of sp³-hybridized carbons (Fsp3) is 0.500. The predicted octanol–water partition coefficient (Wildman–Crippen LogP) is 1.23. The van der Waals surface area contributed by atoms with E-state index in [1.807, 2.05) is 13.0 Å². The van der Waals surface area contributed by atoms with Crippen LogP contribution in [0.3, 0.4) is 0 Å². The second kappa shape index (κ2) is 6.57. The van der Waals surface area contributed by atoms with Gasteiger partial charge in [0.25, 0.3) is 0 Å². The van der Waals surface area contributed by atoms with Crippen LogP contribution < -0.4 is 4.89 Å². The first-order chi connectivity index (χ1) is 7.64. The van der Waals surface area contributed by atoms with Crippen LogP contribution in [0.2, 0.25) is 0 Å². The van der Waals surface area contributed by atoms with Crippen molar-refractivity contribution in [2.75, 3.05) is 5.75 Å². The summed E-state index contributed by atoms with van der Waals surface area (Å²) >= 11 is 0. The maximum absolute atomic E-state index is 11.3. The molecule has 1 rings (SSSR count). The van der Waals surface area contributed by atoms with Crippen LogP contribution in [0.1, 0.15) is 25.3 Å². The van der Waals surface area contributed by atoms with Gasteiger partial charge in [-0.05, 0) is 18.1 Å². The number of hydrogen-bond acceptors (Lipinski definition) is 4. The highest BCUT2D eigenvalue weighted by molar-refractivity contribution is 7.89. The number of nitrogens with one attached hydrogen (secondary N) is 1. The standard InChI is InChI=1S/C10H16N2O3S/c1-2-3-7-16(13,14)12-15-9-10-5-4-6-11-8-10/h4-6,8,12H,2-3,7,9H2,1H3. The van der Waals surface area contributed by atoms with Crippen molar-refractivity contribution >= 4 is 10.0 Å². The second-order valence-corrected chi connectivity index (χ2v) is 5.21. The van der Waals surface area contributed by atoms with Crippen molar-refractivity contribution in [2.24, 2.45) is 0 Å². The fourth-order valence-corrected chi connectivity index (χ4v) is 2.05. The molecule has 0 atom stereocenters. The Morgan fingerprint density at radius 2 is 2.31 bits per heavy atom. The van der Waals surface area contributed by atoms with E-state index in [-0.39, 0.29) is 12.4 Å². The van der Waals surface area contributed by atoms with Crippen LogP contribution in [0, 0.1) is 0 Å². The van der Waals surface area contributed by atoms with E-state index in [0.29, 0.717) is 6.42 Å². The van der Waals surface area contributed by atoms with Crippen LogP contribution in [0.25, 0.3) is 0 Å². The SMILES string of the molecule is CCCCS(=O)(=O)NOCc1cccnc1. The molecule has 0 spiro atoms. The predicted molar refractivity (Wildman–Crippen MR) is 60.9 cm³/mol. The minimum absolute atomic E-state index is 0.0938. The van der Waals surface area contributed by atoms with E-state index in [9.17, 15) is 8.42 Å². The van der Waals surface area contributed by atoms with Crippen LogP contribution in [0.5, 0.6) is 0 Å². The molecular formula is C10H16N2O3S. The maximum Gasteiger partial charge on any atom is 0.233 e. The number of nitrogens with zero attached hydrogens (tertiary/aromatic N) is 1. The normalized spacial score (nSPS) is 11.6. The highest BCUT2D eigenvalue weighted by atomic mass is 32.2. The van der Waals surface area contributed by atoms with E-state index in [1.54, 1.807) is 18.5 Å². The molecule has 5 nitrogen and oxygen atoms in total. The molecule has 0 aliphatic rings. The molecule has 1 N–H and O–H groups in total. The molecule has 90 valence electrons. The number of hydrogen-bond donors (Lipinski definition) is 1. The van der Waals surface area contributed by atoms with E-state index in [2.05, 4.69) is 9.87 Å². The van der Waals surface area contributed by atoms with Crippen molar-refractivity contribution in [1.82, 2.24) is 9.87 Å². The average Bonchev–Trinajstić information content (AvgIpc) is 2.28. The van der Waals surface area contributed by atoms with E-state index >= 15 is 0 Å². The lowest BCUT2D eigenvalue weighted by molar-refractivity contribution is 0.0793. The summed E-state index contributed by atoms with van der Waals surface area (Å²) in [5.74, 6) is 0.0938. The van der Waals surface area contributed by atoms with Gasteiger partial charge in [-0.25, -0.2) is 8.42 Å². The molecule has 0 saturated carbocycles. The molecule has 0 saturated heterocycles. The van der Waals surface area contributed by atoms with Crippen LogP contribution in [0.4, 0.5) is 0 Å². The van der Waals surface area contributed by atoms with E-state index in [1.165, 1.54) is 0 Å². The van der Waals surface area contributed by atoms with Gasteiger partial charge in [0.05, 0.1) is 12.4 Å². The Kier molecular flexibility index (Phi) is 5.37. The van der Waals surface area contributed by atoms with Crippen LogP contribution >= 0.6 is 0 Å². The zero-order chi connectivity index (χ0) is 11.9. The first-order valence-electron chi connectivity index (χ1n) is 5.14. The summed E-state index contributed by atoms with van der Waals surface area (Å²) in [4.78, 5) is 10.9. The summed E-state index contributed by atoms with van der Waals surface area (Å²) in [7, 11) is -3.31. The molecule has 1 aromatic heterocycles. The molecule has 0 unspecified atom stereocenters. The van der Waals surface area contributed by atoms with E-state index < -0.39 is 10.0 Å². The van der Waals surface area contributed by atoms with Gasteiger partial charge in [-0.15, -0.1) is 0 Å². The lowest BCUT2D eigenvalue weighted by Crippen LogP contribution is -2.26. The fourth-order valence-electron chi connectivity index (χ4n) is 1.06. The Labute approximate surface area is 95.9 Å². The average molecular weight is 244 g/mol. The Bertz CT molecular complexity index is 392. The summed E-state index contributed by atoms with van der Waals surface area (Å²) in [6.45, 7) is 2.12. The van der Waals surface area contributed by atoms with Gasteiger partial charge >= 0.3 is 0 Å². The molecule has 1 heterocycles. The Morgan fingerprint density at radius 1 is 1.50 bits per heavy atom. The number of aromatic nitrogens is 1. The minimum atomic E-state index is -3.31. The van der Waals surface area contributed by atoms with Gasteiger partial charge in [-0.2, -0.15) is 0 Å². The lowest BCUT2D eigenvalue weighted by atomic mass is 10.3. The molecule has 1 aromatic rings. The Morgan fingerprint density at radius 3 is 2.94 bits per heavy atom. The third kappa shape index (κ3) is 5.20.